The SMILES string of the molecule is CCNc1ccc(Cl)c(C(=O)N(CCO)CC(F)(F)F)n1. The van der Waals surface area contributed by atoms with Gasteiger partial charge in [0.1, 0.15) is 18.1 Å². The van der Waals surface area contributed by atoms with Gasteiger partial charge in [0.25, 0.3) is 5.91 Å². The van der Waals surface area contributed by atoms with Gasteiger partial charge in [0.05, 0.1) is 11.6 Å². The zero-order valence-corrected chi connectivity index (χ0v) is 12.0. The van der Waals surface area contributed by atoms with Crippen LogP contribution in [0.4, 0.5) is 19.0 Å². The van der Waals surface area contributed by atoms with Crippen LogP contribution >= 0.6 is 11.6 Å². The number of amides is 1. The van der Waals surface area contributed by atoms with E-state index in [4.69, 9.17) is 16.7 Å². The third kappa shape index (κ3) is 5.39. The minimum Gasteiger partial charge on any atom is -0.395 e. The van der Waals surface area contributed by atoms with E-state index in [1.165, 1.54) is 12.1 Å². The number of aliphatic hydroxyl groups excluding tert-OH is 1. The Morgan fingerprint density at radius 2 is 2.14 bits per heavy atom. The van der Waals surface area contributed by atoms with Crippen molar-refractivity contribution in [2.75, 3.05) is 31.6 Å². The lowest BCUT2D eigenvalue weighted by molar-refractivity contribution is -0.141. The molecule has 0 aliphatic carbocycles. The molecule has 9 heteroatoms. The van der Waals surface area contributed by atoms with E-state index in [9.17, 15) is 18.0 Å². The van der Waals surface area contributed by atoms with Crippen LogP contribution in [-0.4, -0.2) is 53.3 Å². The van der Waals surface area contributed by atoms with Crippen molar-refractivity contribution in [1.29, 1.82) is 0 Å². The van der Waals surface area contributed by atoms with E-state index in [-0.39, 0.29) is 10.7 Å². The van der Waals surface area contributed by atoms with Crippen molar-refractivity contribution in [3.8, 4) is 0 Å². The van der Waals surface area contributed by atoms with E-state index in [1.54, 1.807) is 6.92 Å². The number of nitrogens with one attached hydrogen (secondary N) is 1. The van der Waals surface area contributed by atoms with Gasteiger partial charge in [-0.15, -0.1) is 0 Å². The van der Waals surface area contributed by atoms with Crippen molar-refractivity contribution < 1.29 is 23.1 Å². The van der Waals surface area contributed by atoms with E-state index in [0.29, 0.717) is 17.3 Å². The summed E-state index contributed by atoms with van der Waals surface area (Å²) in [5, 5.41) is 11.6. The minimum absolute atomic E-state index is 0.0493. The Labute approximate surface area is 124 Å². The van der Waals surface area contributed by atoms with E-state index in [2.05, 4.69) is 10.3 Å². The second-order valence-corrected chi connectivity index (χ2v) is 4.53. The van der Waals surface area contributed by atoms with Crippen LogP contribution in [0.15, 0.2) is 12.1 Å². The highest BCUT2D eigenvalue weighted by Crippen LogP contribution is 2.21. The van der Waals surface area contributed by atoms with Crippen LogP contribution in [0.5, 0.6) is 0 Å². The molecule has 0 atom stereocenters. The molecule has 0 spiro atoms. The lowest BCUT2D eigenvalue weighted by Gasteiger charge is -2.23. The van der Waals surface area contributed by atoms with Crippen LogP contribution in [0.25, 0.3) is 0 Å². The summed E-state index contributed by atoms with van der Waals surface area (Å²) in [6, 6.07) is 2.90. The zero-order valence-electron chi connectivity index (χ0n) is 11.2. The summed E-state index contributed by atoms with van der Waals surface area (Å²) in [4.78, 5) is 16.5. The number of nitrogens with zero attached hydrogens (tertiary/aromatic N) is 2. The Morgan fingerprint density at radius 1 is 1.48 bits per heavy atom. The van der Waals surface area contributed by atoms with Crippen LogP contribution < -0.4 is 5.32 Å². The molecule has 0 unspecified atom stereocenters. The highest BCUT2D eigenvalue weighted by molar-refractivity contribution is 6.33. The summed E-state index contributed by atoms with van der Waals surface area (Å²) in [7, 11) is 0. The fraction of sp³-hybridized carbons (Fsp3) is 0.500. The summed E-state index contributed by atoms with van der Waals surface area (Å²) in [5.74, 6) is -0.646. The first-order chi connectivity index (χ1) is 9.78. The highest BCUT2D eigenvalue weighted by atomic mass is 35.5. The standard InChI is InChI=1S/C12H15ClF3N3O2/c1-2-17-9-4-3-8(13)10(18-9)11(21)19(5-6-20)7-12(14,15)16/h3-4,20H,2,5-7H2,1H3,(H,17,18). The molecule has 0 fully saturated rings. The molecule has 0 aliphatic heterocycles. The first-order valence-electron chi connectivity index (χ1n) is 6.15. The molecule has 1 heterocycles. The summed E-state index contributed by atoms with van der Waals surface area (Å²) in [5.41, 5.74) is -0.284. The number of alkyl halides is 3. The third-order valence-corrected chi connectivity index (χ3v) is 2.74. The fourth-order valence-electron chi connectivity index (χ4n) is 1.61. The van der Waals surface area contributed by atoms with Crippen molar-refractivity contribution in [2.24, 2.45) is 0 Å². The van der Waals surface area contributed by atoms with Crippen LogP contribution in [-0.2, 0) is 0 Å². The maximum atomic E-state index is 12.5. The van der Waals surface area contributed by atoms with Crippen molar-refractivity contribution in [1.82, 2.24) is 9.88 Å². The lowest BCUT2D eigenvalue weighted by atomic mass is 10.3. The molecular weight excluding hydrogens is 311 g/mol. The number of hydrogen-bond donors (Lipinski definition) is 2. The molecule has 0 aliphatic rings. The van der Waals surface area contributed by atoms with Crippen LogP contribution in [0.1, 0.15) is 17.4 Å². The molecule has 5 nitrogen and oxygen atoms in total. The Balaban J connectivity index is 3.04. The average molecular weight is 326 g/mol. The van der Waals surface area contributed by atoms with Gasteiger partial charge >= 0.3 is 6.18 Å². The molecule has 0 aromatic carbocycles. The Morgan fingerprint density at radius 3 is 2.67 bits per heavy atom. The number of carbonyl (C=O) groups is 1. The van der Waals surface area contributed by atoms with Crippen LogP contribution in [0, 0.1) is 0 Å². The van der Waals surface area contributed by atoms with Crippen molar-refractivity contribution in [3.05, 3.63) is 22.8 Å². The summed E-state index contributed by atoms with van der Waals surface area (Å²) >= 11 is 5.83. The Kier molecular flexibility index (Phi) is 6.22. The van der Waals surface area contributed by atoms with Gasteiger partial charge in [0.15, 0.2) is 0 Å². The fourth-order valence-corrected chi connectivity index (χ4v) is 1.80. The maximum absolute atomic E-state index is 12.5. The van der Waals surface area contributed by atoms with E-state index in [0.717, 1.165) is 0 Å². The molecule has 1 amide bonds. The van der Waals surface area contributed by atoms with Gasteiger partial charge in [-0.25, -0.2) is 4.98 Å². The monoisotopic (exact) mass is 325 g/mol. The predicted octanol–water partition coefficient (Wildman–Crippen LogP) is 2.16. The minimum atomic E-state index is -4.57. The third-order valence-electron chi connectivity index (χ3n) is 2.43. The van der Waals surface area contributed by atoms with Gasteiger partial charge < -0.3 is 15.3 Å². The molecule has 21 heavy (non-hydrogen) atoms. The molecule has 1 rings (SSSR count). The first-order valence-corrected chi connectivity index (χ1v) is 6.53. The average Bonchev–Trinajstić information content (AvgIpc) is 2.38. The number of carbonyl (C=O) groups excluding carboxylic acids is 1. The topological polar surface area (TPSA) is 65.5 Å². The van der Waals surface area contributed by atoms with E-state index >= 15 is 0 Å². The van der Waals surface area contributed by atoms with Crippen molar-refractivity contribution >= 4 is 23.3 Å². The van der Waals surface area contributed by atoms with Crippen LogP contribution in [0.3, 0.4) is 0 Å². The predicted molar refractivity (Wildman–Crippen MR) is 72.5 cm³/mol. The zero-order chi connectivity index (χ0) is 16.0. The second kappa shape index (κ2) is 7.46. The summed E-state index contributed by atoms with van der Waals surface area (Å²) in [6.45, 7) is -0.186. The number of aromatic nitrogens is 1. The first kappa shape index (κ1) is 17.5. The number of aliphatic hydroxyl groups is 1. The van der Waals surface area contributed by atoms with Crippen LogP contribution in [0.2, 0.25) is 5.02 Å². The summed E-state index contributed by atoms with van der Waals surface area (Å²) in [6.07, 6.45) is -4.57. The molecule has 1 aromatic heterocycles. The second-order valence-electron chi connectivity index (χ2n) is 4.12. The van der Waals surface area contributed by atoms with E-state index < -0.39 is 31.8 Å². The smallest absolute Gasteiger partial charge is 0.395 e. The number of anilines is 1. The lowest BCUT2D eigenvalue weighted by Crippen LogP contribution is -2.41. The summed E-state index contributed by atoms with van der Waals surface area (Å²) < 4.78 is 37.4. The van der Waals surface area contributed by atoms with Gasteiger partial charge in [-0.2, -0.15) is 13.2 Å². The molecule has 0 bridgehead atoms. The molecule has 0 radical (unpaired) electrons. The molecular formula is C12H15ClF3N3O2. The number of halogens is 4. The maximum Gasteiger partial charge on any atom is 0.406 e. The quantitative estimate of drug-likeness (QED) is 0.841. The molecule has 2 N–H and O–H groups in total. The highest BCUT2D eigenvalue weighted by Gasteiger charge is 2.34. The molecule has 1 aromatic rings. The van der Waals surface area contributed by atoms with Gasteiger partial charge in [-0.1, -0.05) is 11.6 Å². The molecule has 118 valence electrons. The van der Waals surface area contributed by atoms with Gasteiger partial charge in [-0.3, -0.25) is 4.79 Å². The van der Waals surface area contributed by atoms with Gasteiger partial charge in [-0.05, 0) is 19.1 Å². The normalized spacial score (nSPS) is 11.3. The Hall–Kier alpha value is -1.54. The Bertz CT molecular complexity index is 497. The molecule has 0 saturated heterocycles. The number of pyridine rings is 1. The van der Waals surface area contributed by atoms with Gasteiger partial charge in [0, 0.05) is 13.1 Å². The van der Waals surface area contributed by atoms with Crippen molar-refractivity contribution in [3.63, 3.8) is 0 Å². The number of rotatable bonds is 6. The largest absolute Gasteiger partial charge is 0.406 e. The van der Waals surface area contributed by atoms with Crippen molar-refractivity contribution in [2.45, 2.75) is 13.1 Å². The molecule has 0 saturated carbocycles. The van der Waals surface area contributed by atoms with E-state index in [1.807, 2.05) is 0 Å². The van der Waals surface area contributed by atoms with Gasteiger partial charge in [0.2, 0.25) is 0 Å². The number of hydrogen-bond acceptors (Lipinski definition) is 4.